The molecule has 1 unspecified atom stereocenters. The van der Waals surface area contributed by atoms with Gasteiger partial charge in [0, 0.05) is 17.5 Å². The molecule has 0 N–H and O–H groups in total. The van der Waals surface area contributed by atoms with Crippen LogP contribution in [0.15, 0.2) is 53.9 Å². The van der Waals surface area contributed by atoms with Gasteiger partial charge in [0.05, 0.1) is 20.3 Å². The fourth-order valence-electron chi connectivity index (χ4n) is 4.62. The quantitative estimate of drug-likeness (QED) is 0.461. The molecule has 2 aromatic carbocycles. The highest BCUT2D eigenvalue weighted by Gasteiger charge is 2.35. The van der Waals surface area contributed by atoms with Crippen molar-refractivity contribution in [3.8, 4) is 11.5 Å². The van der Waals surface area contributed by atoms with Gasteiger partial charge in [0.1, 0.15) is 23.6 Å². The Morgan fingerprint density at radius 1 is 1.06 bits per heavy atom. The highest BCUT2D eigenvalue weighted by atomic mass is 32.1. The van der Waals surface area contributed by atoms with Crippen molar-refractivity contribution in [2.45, 2.75) is 39.3 Å². The summed E-state index contributed by atoms with van der Waals surface area (Å²) in [5.74, 6) is 0.475. The molecular weight excluding hydrogens is 460 g/mol. The molecule has 2 heterocycles. The minimum Gasteiger partial charge on any atom is -0.496 e. The van der Waals surface area contributed by atoms with E-state index in [9.17, 15) is 9.59 Å². The maximum absolute atomic E-state index is 13.8. The zero-order valence-corrected chi connectivity index (χ0v) is 21.7. The zero-order chi connectivity index (χ0) is 25.1. The minimum atomic E-state index is -0.289. The number of fused-ring (bicyclic) bond motifs is 1. The van der Waals surface area contributed by atoms with Crippen LogP contribution in [0, 0.1) is 6.92 Å². The van der Waals surface area contributed by atoms with E-state index in [4.69, 9.17) is 9.47 Å². The number of benzene rings is 2. The van der Waals surface area contributed by atoms with Crippen LogP contribution in [0.4, 0.5) is 0 Å². The van der Waals surface area contributed by atoms with Crippen molar-refractivity contribution in [3.63, 3.8) is 0 Å². The first-order valence-electron chi connectivity index (χ1n) is 11.8. The highest BCUT2D eigenvalue weighted by molar-refractivity contribution is 7.10. The van der Waals surface area contributed by atoms with E-state index in [0.717, 1.165) is 12.0 Å². The Bertz CT molecular complexity index is 1180. The molecule has 184 valence electrons. The van der Waals surface area contributed by atoms with Gasteiger partial charge in [-0.2, -0.15) is 0 Å². The molecule has 0 bridgehead atoms. The smallest absolute Gasteiger partial charge is 0.262 e. The third-order valence-electron chi connectivity index (χ3n) is 6.51. The molecule has 0 fully saturated rings. The number of thiophene rings is 1. The van der Waals surface area contributed by atoms with E-state index in [0.29, 0.717) is 23.6 Å². The molecule has 2 amide bonds. The van der Waals surface area contributed by atoms with Crippen molar-refractivity contribution < 1.29 is 19.1 Å². The molecule has 0 aliphatic carbocycles. The summed E-state index contributed by atoms with van der Waals surface area (Å²) >= 11 is 1.74. The third kappa shape index (κ3) is 4.91. The lowest BCUT2D eigenvalue weighted by Crippen LogP contribution is -2.48. The van der Waals surface area contributed by atoms with Gasteiger partial charge < -0.3 is 19.3 Å². The maximum atomic E-state index is 13.8. The van der Waals surface area contributed by atoms with Gasteiger partial charge >= 0.3 is 0 Å². The standard InChI is InChI=1S/C28H32N2O4S/c1-18(2)30(28(32)26-22(33-4)7-6-8-23(26)34-5)17-25(31)29-15-13-24-21(14-16-35-24)27(29)20-11-9-19(3)10-12-20/h6-12,14,16,18,27H,13,15,17H2,1-5H3. The van der Waals surface area contributed by atoms with Crippen molar-refractivity contribution >= 4 is 23.2 Å². The second kappa shape index (κ2) is 10.5. The number of aryl methyl sites for hydroxylation is 1. The number of ether oxygens (including phenoxy) is 2. The predicted molar refractivity (Wildman–Crippen MR) is 138 cm³/mol. The van der Waals surface area contributed by atoms with E-state index in [-0.39, 0.29) is 30.4 Å². The van der Waals surface area contributed by atoms with Gasteiger partial charge in [0.15, 0.2) is 0 Å². The van der Waals surface area contributed by atoms with Crippen LogP contribution in [-0.2, 0) is 11.2 Å². The summed E-state index contributed by atoms with van der Waals surface area (Å²) in [6.07, 6.45) is 0.817. The van der Waals surface area contributed by atoms with Gasteiger partial charge in [-0.3, -0.25) is 9.59 Å². The topological polar surface area (TPSA) is 59.1 Å². The van der Waals surface area contributed by atoms with Gasteiger partial charge in [-0.15, -0.1) is 11.3 Å². The van der Waals surface area contributed by atoms with Crippen LogP contribution in [0.25, 0.3) is 0 Å². The second-order valence-corrected chi connectivity index (χ2v) is 10.0. The van der Waals surface area contributed by atoms with Crippen molar-refractivity contribution in [1.82, 2.24) is 9.80 Å². The van der Waals surface area contributed by atoms with Crippen molar-refractivity contribution in [2.75, 3.05) is 27.3 Å². The van der Waals surface area contributed by atoms with E-state index >= 15 is 0 Å². The fraction of sp³-hybridized carbons (Fsp3) is 0.357. The Kier molecular flexibility index (Phi) is 7.45. The number of hydrogen-bond donors (Lipinski definition) is 0. The number of nitrogens with zero attached hydrogens (tertiary/aromatic N) is 2. The zero-order valence-electron chi connectivity index (χ0n) is 20.9. The average molecular weight is 493 g/mol. The summed E-state index contributed by atoms with van der Waals surface area (Å²) in [6.45, 7) is 6.47. The molecule has 1 atom stereocenters. The molecule has 1 aliphatic rings. The van der Waals surface area contributed by atoms with Gasteiger partial charge in [0.25, 0.3) is 5.91 Å². The number of rotatable bonds is 7. The molecule has 1 aliphatic heterocycles. The number of carbonyl (C=O) groups excluding carboxylic acids is 2. The van der Waals surface area contributed by atoms with Crippen LogP contribution in [0.1, 0.15) is 51.8 Å². The van der Waals surface area contributed by atoms with Gasteiger partial charge in [-0.05, 0) is 61.9 Å². The van der Waals surface area contributed by atoms with Crippen LogP contribution in [0.3, 0.4) is 0 Å². The molecule has 6 nitrogen and oxygen atoms in total. The van der Waals surface area contributed by atoms with Crippen molar-refractivity contribution in [1.29, 1.82) is 0 Å². The lowest BCUT2D eigenvalue weighted by atomic mass is 9.92. The number of carbonyl (C=O) groups is 2. The molecule has 4 rings (SSSR count). The lowest BCUT2D eigenvalue weighted by Gasteiger charge is -2.38. The second-order valence-electron chi connectivity index (χ2n) is 9.01. The van der Waals surface area contributed by atoms with Crippen LogP contribution in [0.5, 0.6) is 11.5 Å². The molecule has 35 heavy (non-hydrogen) atoms. The first-order chi connectivity index (χ1) is 16.8. The van der Waals surface area contributed by atoms with Crippen LogP contribution in [-0.4, -0.2) is 55.0 Å². The summed E-state index contributed by atoms with van der Waals surface area (Å²) < 4.78 is 10.9. The Balaban J connectivity index is 1.66. The van der Waals surface area contributed by atoms with Crippen molar-refractivity contribution in [3.05, 3.63) is 81.0 Å². The van der Waals surface area contributed by atoms with Gasteiger partial charge in [-0.1, -0.05) is 35.9 Å². The summed E-state index contributed by atoms with van der Waals surface area (Å²) in [4.78, 5) is 32.3. The number of amides is 2. The molecule has 3 aromatic rings. The summed E-state index contributed by atoms with van der Waals surface area (Å²) in [6, 6.07) is 15.3. The first-order valence-corrected chi connectivity index (χ1v) is 12.7. The SMILES string of the molecule is COc1cccc(OC)c1C(=O)N(CC(=O)N1CCc2sccc2C1c1ccc(C)cc1)C(C)C. The van der Waals surface area contributed by atoms with Crippen molar-refractivity contribution in [2.24, 2.45) is 0 Å². The van der Waals surface area contributed by atoms with Gasteiger partial charge in [-0.25, -0.2) is 0 Å². The molecule has 0 radical (unpaired) electrons. The molecule has 0 saturated heterocycles. The maximum Gasteiger partial charge on any atom is 0.262 e. The van der Waals surface area contributed by atoms with Gasteiger partial charge in [0.2, 0.25) is 5.91 Å². The monoisotopic (exact) mass is 492 g/mol. The summed E-state index contributed by atoms with van der Waals surface area (Å²) in [5.41, 5.74) is 3.76. The molecule has 1 aromatic heterocycles. The summed E-state index contributed by atoms with van der Waals surface area (Å²) in [5, 5.41) is 2.09. The fourth-order valence-corrected chi connectivity index (χ4v) is 5.53. The van der Waals surface area contributed by atoms with Crippen LogP contribution < -0.4 is 9.47 Å². The number of hydrogen-bond acceptors (Lipinski definition) is 5. The Labute approximate surface area is 211 Å². The Morgan fingerprint density at radius 3 is 2.31 bits per heavy atom. The van der Waals surface area contributed by atoms with Crippen LogP contribution in [0.2, 0.25) is 0 Å². The van der Waals surface area contributed by atoms with E-state index in [1.807, 2.05) is 18.7 Å². The average Bonchev–Trinajstić information content (AvgIpc) is 3.35. The number of methoxy groups -OCH3 is 2. The highest BCUT2D eigenvalue weighted by Crippen LogP contribution is 2.38. The largest absolute Gasteiger partial charge is 0.496 e. The third-order valence-corrected chi connectivity index (χ3v) is 7.51. The molecule has 7 heteroatoms. The molecular formula is C28H32N2O4S. The van der Waals surface area contributed by atoms with E-state index in [1.165, 1.54) is 30.2 Å². The van der Waals surface area contributed by atoms with E-state index in [2.05, 4.69) is 42.6 Å². The lowest BCUT2D eigenvalue weighted by molar-refractivity contribution is -0.134. The minimum absolute atomic E-state index is 0.0282. The first kappa shape index (κ1) is 24.8. The van der Waals surface area contributed by atoms with Crippen LogP contribution >= 0.6 is 11.3 Å². The molecule has 0 spiro atoms. The summed E-state index contributed by atoms with van der Waals surface area (Å²) in [7, 11) is 3.05. The Hall–Kier alpha value is -3.32. The van der Waals surface area contributed by atoms with E-state index < -0.39 is 0 Å². The molecule has 0 saturated carbocycles. The van der Waals surface area contributed by atoms with E-state index in [1.54, 1.807) is 34.4 Å². The Morgan fingerprint density at radius 2 is 1.71 bits per heavy atom. The normalized spacial score (nSPS) is 15.0. The predicted octanol–water partition coefficient (Wildman–Crippen LogP) is 5.10.